The van der Waals surface area contributed by atoms with E-state index >= 15 is 0 Å². The van der Waals surface area contributed by atoms with Gasteiger partial charge in [0.2, 0.25) is 0 Å². The zero-order valence-electron chi connectivity index (χ0n) is 17.2. The first-order chi connectivity index (χ1) is 14.2. The third-order valence-corrected chi connectivity index (χ3v) is 7.94. The maximum Gasteiger partial charge on any atom is 0.254 e. The third-order valence-electron chi connectivity index (χ3n) is 5.94. The van der Waals surface area contributed by atoms with E-state index in [0.29, 0.717) is 22.5 Å². The Morgan fingerprint density at radius 2 is 1.93 bits per heavy atom. The molecule has 3 aromatic rings. The van der Waals surface area contributed by atoms with Crippen LogP contribution in [0.1, 0.15) is 47.2 Å². The highest BCUT2D eigenvalue weighted by Crippen LogP contribution is 2.30. The van der Waals surface area contributed by atoms with Gasteiger partial charge in [0.25, 0.3) is 5.91 Å². The fraction of sp³-hybridized carbons (Fsp3) is 0.364. The van der Waals surface area contributed by atoms with Crippen LogP contribution in [0.15, 0.2) is 42.5 Å². The molecule has 4 rings (SSSR count). The first-order valence-electron chi connectivity index (χ1n) is 9.88. The topological polar surface area (TPSA) is 72.3 Å². The molecule has 2 aromatic carbocycles. The summed E-state index contributed by atoms with van der Waals surface area (Å²) >= 11 is 5.96. The first kappa shape index (κ1) is 20.9. The van der Waals surface area contributed by atoms with Gasteiger partial charge in [-0.3, -0.25) is 4.79 Å². The van der Waals surface area contributed by atoms with Crippen LogP contribution in [0.4, 0.5) is 0 Å². The second kappa shape index (κ2) is 7.71. The molecule has 1 saturated heterocycles. The van der Waals surface area contributed by atoms with Gasteiger partial charge in [-0.1, -0.05) is 23.7 Å². The number of benzene rings is 2. The number of nitrogens with zero attached hydrogens (tertiary/aromatic N) is 3. The number of hydrogen-bond acceptors (Lipinski definition) is 4. The van der Waals surface area contributed by atoms with E-state index in [1.54, 1.807) is 24.1 Å². The Hall–Kier alpha value is -2.38. The Morgan fingerprint density at radius 3 is 2.57 bits per heavy atom. The van der Waals surface area contributed by atoms with Crippen molar-refractivity contribution in [2.45, 2.75) is 32.4 Å². The summed E-state index contributed by atoms with van der Waals surface area (Å²) in [5.41, 5.74) is 3.11. The molecule has 1 aliphatic rings. The van der Waals surface area contributed by atoms with Gasteiger partial charge in [0.05, 0.1) is 34.6 Å². The van der Waals surface area contributed by atoms with E-state index in [2.05, 4.69) is 4.98 Å². The molecule has 2 unspecified atom stereocenters. The van der Waals surface area contributed by atoms with Crippen molar-refractivity contribution in [3.05, 3.63) is 64.4 Å². The van der Waals surface area contributed by atoms with Crippen LogP contribution in [0.25, 0.3) is 11.0 Å². The maximum atomic E-state index is 13.1. The number of carbonyl (C=O) groups excluding carboxylic acids is 1. The third kappa shape index (κ3) is 3.84. The van der Waals surface area contributed by atoms with E-state index in [1.807, 2.05) is 48.7 Å². The van der Waals surface area contributed by atoms with E-state index in [1.165, 1.54) is 0 Å². The maximum absolute atomic E-state index is 13.1. The summed E-state index contributed by atoms with van der Waals surface area (Å²) in [6, 6.07) is 12.7. The van der Waals surface area contributed by atoms with E-state index < -0.39 is 9.84 Å². The summed E-state index contributed by atoms with van der Waals surface area (Å²) in [6.07, 6.45) is 0.594. The average molecular weight is 446 g/mol. The molecule has 0 spiro atoms. The second-order valence-electron chi connectivity index (χ2n) is 7.93. The van der Waals surface area contributed by atoms with Gasteiger partial charge in [0.15, 0.2) is 9.84 Å². The zero-order valence-corrected chi connectivity index (χ0v) is 18.7. The fourth-order valence-corrected chi connectivity index (χ4v) is 5.96. The molecule has 0 saturated carbocycles. The normalized spacial score (nSPS) is 19.1. The van der Waals surface area contributed by atoms with Gasteiger partial charge >= 0.3 is 0 Å². The number of fused-ring (bicyclic) bond motifs is 1. The molecule has 1 aliphatic heterocycles. The van der Waals surface area contributed by atoms with Crippen LogP contribution in [0.5, 0.6) is 0 Å². The van der Waals surface area contributed by atoms with Crippen LogP contribution in [0, 0.1) is 6.92 Å². The largest absolute Gasteiger partial charge is 0.335 e. The average Bonchev–Trinajstić information content (AvgIpc) is 3.23. The van der Waals surface area contributed by atoms with Crippen LogP contribution < -0.4 is 0 Å². The minimum atomic E-state index is -3.00. The quantitative estimate of drug-likeness (QED) is 0.603. The van der Waals surface area contributed by atoms with Crippen molar-refractivity contribution in [1.82, 2.24) is 14.5 Å². The van der Waals surface area contributed by atoms with Crippen molar-refractivity contribution in [2.24, 2.45) is 0 Å². The number of rotatable bonds is 4. The van der Waals surface area contributed by atoms with Gasteiger partial charge < -0.3 is 9.47 Å². The van der Waals surface area contributed by atoms with Crippen molar-refractivity contribution in [2.75, 3.05) is 18.6 Å². The Morgan fingerprint density at radius 1 is 1.23 bits per heavy atom. The zero-order chi connectivity index (χ0) is 21.6. The summed E-state index contributed by atoms with van der Waals surface area (Å²) < 4.78 is 25.8. The highest BCUT2D eigenvalue weighted by atomic mass is 35.5. The number of imidazole rings is 1. The fourth-order valence-electron chi connectivity index (χ4n) is 4.14. The lowest BCUT2D eigenvalue weighted by molar-refractivity contribution is 0.0743. The molecule has 1 amide bonds. The van der Waals surface area contributed by atoms with Crippen molar-refractivity contribution in [1.29, 1.82) is 0 Å². The number of halogens is 1. The van der Waals surface area contributed by atoms with Crippen LogP contribution in [-0.2, 0) is 9.84 Å². The molecule has 0 aliphatic carbocycles. The van der Waals surface area contributed by atoms with Crippen molar-refractivity contribution in [3.8, 4) is 0 Å². The smallest absolute Gasteiger partial charge is 0.254 e. The lowest BCUT2D eigenvalue weighted by Gasteiger charge is -2.25. The summed E-state index contributed by atoms with van der Waals surface area (Å²) in [7, 11) is -1.22. The molecule has 30 heavy (non-hydrogen) atoms. The number of aryl methyl sites for hydroxylation is 1. The standard InChI is InChI=1S/C22H24ClN3O3S/c1-14(16-4-7-18(23)8-5-16)25(3)22(27)17-6-9-21-20(12-17)24-15(2)26(21)19-10-11-30(28,29)13-19/h4-9,12,14,19H,10-11,13H2,1-3H3. The summed E-state index contributed by atoms with van der Waals surface area (Å²) in [5, 5.41) is 0.659. The Kier molecular flexibility index (Phi) is 5.36. The summed E-state index contributed by atoms with van der Waals surface area (Å²) in [6.45, 7) is 3.85. The number of amides is 1. The summed E-state index contributed by atoms with van der Waals surface area (Å²) in [4.78, 5) is 19.4. The molecule has 6 nitrogen and oxygen atoms in total. The Balaban J connectivity index is 1.62. The number of sulfone groups is 1. The van der Waals surface area contributed by atoms with Gasteiger partial charge in [-0.25, -0.2) is 13.4 Å². The highest BCUT2D eigenvalue weighted by Gasteiger charge is 2.31. The monoisotopic (exact) mass is 445 g/mol. The molecular weight excluding hydrogens is 422 g/mol. The van der Waals surface area contributed by atoms with Crippen LogP contribution in [-0.4, -0.2) is 47.3 Å². The van der Waals surface area contributed by atoms with E-state index in [4.69, 9.17) is 11.6 Å². The van der Waals surface area contributed by atoms with Crippen molar-refractivity contribution < 1.29 is 13.2 Å². The van der Waals surface area contributed by atoms with Crippen molar-refractivity contribution >= 4 is 38.4 Å². The molecule has 2 heterocycles. The molecule has 158 valence electrons. The predicted octanol–water partition coefficient (Wildman–Crippen LogP) is 4.19. The van der Waals surface area contributed by atoms with Crippen LogP contribution >= 0.6 is 11.6 Å². The van der Waals surface area contributed by atoms with E-state index in [9.17, 15) is 13.2 Å². The lowest BCUT2D eigenvalue weighted by Crippen LogP contribution is -2.29. The molecule has 1 fully saturated rings. The van der Waals surface area contributed by atoms with Gasteiger partial charge in [-0.2, -0.15) is 0 Å². The number of hydrogen-bond donors (Lipinski definition) is 0. The minimum Gasteiger partial charge on any atom is -0.335 e. The van der Waals surface area contributed by atoms with Crippen LogP contribution in [0.3, 0.4) is 0 Å². The predicted molar refractivity (Wildman–Crippen MR) is 119 cm³/mol. The first-order valence-corrected chi connectivity index (χ1v) is 12.1. The van der Waals surface area contributed by atoms with Crippen molar-refractivity contribution in [3.63, 3.8) is 0 Å². The molecule has 2 atom stereocenters. The number of carbonyl (C=O) groups is 1. The summed E-state index contributed by atoms with van der Waals surface area (Å²) in [5.74, 6) is 1.01. The Labute approximate surface area is 181 Å². The molecule has 0 N–H and O–H groups in total. The molecule has 0 bridgehead atoms. The highest BCUT2D eigenvalue weighted by molar-refractivity contribution is 7.91. The van der Waals surface area contributed by atoms with Crippen LogP contribution in [0.2, 0.25) is 5.02 Å². The Bertz CT molecular complexity index is 1220. The molecular formula is C22H24ClN3O3S. The van der Waals surface area contributed by atoms with Gasteiger partial charge in [-0.05, 0) is 56.2 Å². The second-order valence-corrected chi connectivity index (χ2v) is 10.6. The number of aromatic nitrogens is 2. The molecule has 1 aromatic heterocycles. The van der Waals surface area contributed by atoms with Gasteiger partial charge in [0.1, 0.15) is 5.82 Å². The van der Waals surface area contributed by atoms with E-state index in [0.717, 1.165) is 16.9 Å². The minimum absolute atomic E-state index is 0.102. The van der Waals surface area contributed by atoms with Gasteiger partial charge in [0, 0.05) is 17.6 Å². The van der Waals surface area contributed by atoms with Gasteiger partial charge in [-0.15, -0.1) is 0 Å². The molecule has 0 radical (unpaired) electrons. The van der Waals surface area contributed by atoms with E-state index in [-0.39, 0.29) is 29.5 Å². The SMILES string of the molecule is Cc1nc2cc(C(=O)N(C)C(C)c3ccc(Cl)cc3)ccc2n1C1CCS(=O)(=O)C1. The lowest BCUT2D eigenvalue weighted by atomic mass is 10.1. The molecule has 8 heteroatoms.